The minimum absolute atomic E-state index is 0.0302. The Kier molecular flexibility index (Phi) is 4.08. The fraction of sp³-hybridized carbons (Fsp3) is 0.467. The van der Waals surface area contributed by atoms with Gasteiger partial charge >= 0.3 is 0 Å². The molecule has 0 radical (unpaired) electrons. The van der Waals surface area contributed by atoms with Crippen LogP contribution in [0.1, 0.15) is 29.8 Å². The van der Waals surface area contributed by atoms with Crippen molar-refractivity contribution >= 4 is 0 Å². The number of hydrogen-bond acceptors (Lipinski definition) is 4. The molecule has 0 N–H and O–H groups in total. The molecular weight excluding hydrogens is 254 g/mol. The first kappa shape index (κ1) is 13.3. The van der Waals surface area contributed by atoms with E-state index in [-0.39, 0.29) is 6.10 Å². The van der Waals surface area contributed by atoms with E-state index >= 15 is 0 Å². The van der Waals surface area contributed by atoms with Crippen LogP contribution in [0.4, 0.5) is 0 Å². The molecule has 0 spiro atoms. The van der Waals surface area contributed by atoms with Gasteiger partial charge in [-0.05, 0) is 36.6 Å². The Morgan fingerprint density at radius 2 is 2.25 bits per heavy atom. The largest absolute Gasteiger partial charge is 0.379 e. The van der Waals surface area contributed by atoms with Crippen LogP contribution in [0.15, 0.2) is 30.7 Å². The second-order valence-corrected chi connectivity index (χ2v) is 4.86. The summed E-state index contributed by atoms with van der Waals surface area (Å²) in [5.41, 5.74) is 3.50. The predicted octanol–water partition coefficient (Wildman–Crippen LogP) is 1.98. The zero-order valence-corrected chi connectivity index (χ0v) is 11.7. The first-order valence-electron chi connectivity index (χ1n) is 7.01. The van der Waals surface area contributed by atoms with Crippen LogP contribution >= 0.6 is 0 Å². The van der Waals surface area contributed by atoms with Crippen LogP contribution in [0.25, 0.3) is 0 Å². The molecule has 20 heavy (non-hydrogen) atoms. The van der Waals surface area contributed by atoms with Crippen molar-refractivity contribution < 1.29 is 9.47 Å². The molecule has 1 aliphatic rings. The molecule has 0 amide bonds. The van der Waals surface area contributed by atoms with Gasteiger partial charge in [-0.2, -0.15) is 5.10 Å². The van der Waals surface area contributed by atoms with Gasteiger partial charge in [0.25, 0.3) is 0 Å². The van der Waals surface area contributed by atoms with Crippen molar-refractivity contribution in [1.29, 1.82) is 0 Å². The number of fused-ring (bicyclic) bond motifs is 1. The van der Waals surface area contributed by atoms with E-state index in [0.29, 0.717) is 13.2 Å². The molecule has 106 valence electrons. The van der Waals surface area contributed by atoms with Crippen LogP contribution in [0, 0.1) is 0 Å². The molecule has 1 aliphatic heterocycles. The molecule has 0 aliphatic carbocycles. The summed E-state index contributed by atoms with van der Waals surface area (Å²) in [6, 6.07) is 4.02. The van der Waals surface area contributed by atoms with Crippen LogP contribution < -0.4 is 0 Å². The lowest BCUT2D eigenvalue weighted by Gasteiger charge is -2.21. The van der Waals surface area contributed by atoms with Crippen LogP contribution in [0.5, 0.6) is 0 Å². The second-order valence-electron chi connectivity index (χ2n) is 4.86. The molecule has 0 saturated heterocycles. The Labute approximate surface area is 118 Å². The topological polar surface area (TPSA) is 49.2 Å². The average molecular weight is 273 g/mol. The van der Waals surface area contributed by atoms with Crippen molar-refractivity contribution in [1.82, 2.24) is 14.8 Å². The molecule has 2 aromatic rings. The van der Waals surface area contributed by atoms with Gasteiger partial charge in [-0.1, -0.05) is 0 Å². The molecule has 5 nitrogen and oxygen atoms in total. The van der Waals surface area contributed by atoms with Crippen LogP contribution in [-0.4, -0.2) is 34.6 Å². The molecule has 3 rings (SSSR count). The standard InChI is InChI=1S/C15H19N3O2/c1-2-19-11-14-15-13(5-8-20-14)10-18(17-15)9-12-3-6-16-7-4-12/h3-4,6-7,10,14H,2,5,8-9,11H2,1H3/t14-/m1/s1. The Bertz CT molecular complexity index is 554. The van der Waals surface area contributed by atoms with Gasteiger partial charge in [0.2, 0.25) is 0 Å². The van der Waals surface area contributed by atoms with Crippen LogP contribution in [-0.2, 0) is 22.4 Å². The molecule has 2 aromatic heterocycles. The molecule has 0 bridgehead atoms. The van der Waals surface area contributed by atoms with Gasteiger partial charge in [-0.25, -0.2) is 0 Å². The SMILES string of the molecule is CCOC[C@H]1OCCc2cn(Cc3ccncc3)nc21. The van der Waals surface area contributed by atoms with E-state index < -0.39 is 0 Å². The van der Waals surface area contributed by atoms with E-state index in [1.807, 2.05) is 23.7 Å². The van der Waals surface area contributed by atoms with Gasteiger partial charge in [0.15, 0.2) is 0 Å². The lowest BCUT2D eigenvalue weighted by molar-refractivity contribution is -0.0244. The van der Waals surface area contributed by atoms with E-state index in [0.717, 1.165) is 25.3 Å². The quantitative estimate of drug-likeness (QED) is 0.836. The molecule has 5 heteroatoms. The van der Waals surface area contributed by atoms with E-state index in [4.69, 9.17) is 9.47 Å². The fourth-order valence-electron chi connectivity index (χ4n) is 2.44. The summed E-state index contributed by atoms with van der Waals surface area (Å²) in [5, 5.41) is 4.67. The Morgan fingerprint density at radius 1 is 1.40 bits per heavy atom. The number of ether oxygens (including phenoxy) is 2. The minimum Gasteiger partial charge on any atom is -0.379 e. The maximum absolute atomic E-state index is 5.76. The Hall–Kier alpha value is -1.72. The first-order chi connectivity index (χ1) is 9.86. The van der Waals surface area contributed by atoms with Gasteiger partial charge < -0.3 is 9.47 Å². The third kappa shape index (κ3) is 2.89. The number of nitrogens with zero attached hydrogens (tertiary/aromatic N) is 3. The van der Waals surface area contributed by atoms with Gasteiger partial charge in [0, 0.05) is 25.2 Å². The van der Waals surface area contributed by atoms with Crippen molar-refractivity contribution in [2.45, 2.75) is 26.0 Å². The summed E-state index contributed by atoms with van der Waals surface area (Å²) >= 11 is 0. The molecule has 1 atom stereocenters. The lowest BCUT2D eigenvalue weighted by atomic mass is 10.1. The molecule has 0 saturated carbocycles. The summed E-state index contributed by atoms with van der Waals surface area (Å²) in [6.07, 6.45) is 6.63. The highest BCUT2D eigenvalue weighted by Gasteiger charge is 2.24. The summed E-state index contributed by atoms with van der Waals surface area (Å²) in [6.45, 7) is 4.77. The van der Waals surface area contributed by atoms with Gasteiger partial charge in [0.1, 0.15) is 6.10 Å². The molecule has 3 heterocycles. The Balaban J connectivity index is 1.77. The van der Waals surface area contributed by atoms with Crippen molar-refractivity contribution in [3.63, 3.8) is 0 Å². The van der Waals surface area contributed by atoms with Gasteiger partial charge in [0.05, 0.1) is 25.5 Å². The van der Waals surface area contributed by atoms with E-state index in [1.54, 1.807) is 12.4 Å². The van der Waals surface area contributed by atoms with Crippen molar-refractivity contribution in [3.8, 4) is 0 Å². The molecular formula is C15H19N3O2. The highest BCUT2D eigenvalue weighted by molar-refractivity contribution is 5.23. The summed E-state index contributed by atoms with van der Waals surface area (Å²) in [5.74, 6) is 0. The van der Waals surface area contributed by atoms with Crippen molar-refractivity contribution in [2.75, 3.05) is 19.8 Å². The van der Waals surface area contributed by atoms with Crippen molar-refractivity contribution in [3.05, 3.63) is 47.5 Å². The van der Waals surface area contributed by atoms with Crippen LogP contribution in [0.2, 0.25) is 0 Å². The first-order valence-corrected chi connectivity index (χ1v) is 7.01. The highest BCUT2D eigenvalue weighted by Crippen LogP contribution is 2.26. The lowest BCUT2D eigenvalue weighted by Crippen LogP contribution is -2.20. The summed E-state index contributed by atoms with van der Waals surface area (Å²) in [4.78, 5) is 4.03. The maximum atomic E-state index is 5.76. The normalized spacial score (nSPS) is 17.9. The fourth-order valence-corrected chi connectivity index (χ4v) is 2.44. The maximum Gasteiger partial charge on any atom is 0.125 e. The predicted molar refractivity (Wildman–Crippen MR) is 74.5 cm³/mol. The number of hydrogen-bond donors (Lipinski definition) is 0. The van der Waals surface area contributed by atoms with Crippen molar-refractivity contribution in [2.24, 2.45) is 0 Å². The highest BCUT2D eigenvalue weighted by atomic mass is 16.5. The summed E-state index contributed by atoms with van der Waals surface area (Å²) < 4.78 is 13.2. The average Bonchev–Trinajstić information content (AvgIpc) is 2.89. The minimum atomic E-state index is -0.0302. The number of aromatic nitrogens is 3. The van der Waals surface area contributed by atoms with E-state index in [1.165, 1.54) is 11.1 Å². The molecule has 0 unspecified atom stereocenters. The molecule has 0 fully saturated rings. The van der Waals surface area contributed by atoms with Gasteiger partial charge in [-0.15, -0.1) is 0 Å². The summed E-state index contributed by atoms with van der Waals surface area (Å²) in [7, 11) is 0. The Morgan fingerprint density at radius 3 is 3.05 bits per heavy atom. The third-order valence-electron chi connectivity index (χ3n) is 3.43. The van der Waals surface area contributed by atoms with Gasteiger partial charge in [-0.3, -0.25) is 9.67 Å². The van der Waals surface area contributed by atoms with E-state index in [9.17, 15) is 0 Å². The third-order valence-corrected chi connectivity index (χ3v) is 3.43. The zero-order valence-electron chi connectivity index (χ0n) is 11.7. The van der Waals surface area contributed by atoms with Crippen LogP contribution in [0.3, 0.4) is 0 Å². The smallest absolute Gasteiger partial charge is 0.125 e. The van der Waals surface area contributed by atoms with E-state index in [2.05, 4.69) is 16.3 Å². The molecule has 0 aromatic carbocycles. The number of pyridine rings is 1. The number of rotatable bonds is 5. The monoisotopic (exact) mass is 273 g/mol. The second kappa shape index (κ2) is 6.15. The zero-order chi connectivity index (χ0) is 13.8.